The Morgan fingerprint density at radius 3 is 2.63 bits per heavy atom. The Morgan fingerprint density at radius 2 is 2.05 bits per heavy atom. The minimum Gasteiger partial charge on any atom is -0.662 e. The summed E-state index contributed by atoms with van der Waals surface area (Å²) in [7, 11) is 5.66. The predicted octanol–water partition coefficient (Wildman–Crippen LogP) is 4.77. The summed E-state index contributed by atoms with van der Waals surface area (Å²) in [5, 5.41) is 5.84. The van der Waals surface area contributed by atoms with Gasteiger partial charge in [-0.05, 0) is 36.0 Å². The molecule has 1 aliphatic rings. The molecule has 0 aromatic heterocycles. The molecule has 0 aliphatic carbocycles. The molecule has 1 unspecified atom stereocenters. The van der Waals surface area contributed by atoms with Crippen LogP contribution in [0.5, 0.6) is 0 Å². The molecular formula is C14H17BCl2NPr-. The Bertz CT molecular complexity index is 408. The molecule has 1 atom stereocenters. The summed E-state index contributed by atoms with van der Waals surface area (Å²) < 4.78 is 0. The van der Waals surface area contributed by atoms with E-state index in [0.29, 0.717) is 10.0 Å². The van der Waals surface area contributed by atoms with Crippen molar-refractivity contribution < 1.29 is 41.3 Å². The van der Waals surface area contributed by atoms with Crippen LogP contribution >= 0.6 is 23.2 Å². The Kier molecular flexibility index (Phi) is 8.24. The molecule has 5 heteroatoms. The average Bonchev–Trinajstić information content (AvgIpc) is 2.40. The van der Waals surface area contributed by atoms with Gasteiger partial charge in [-0.25, -0.2) is 0 Å². The molecule has 1 aliphatic heterocycles. The first kappa shape index (κ1) is 18.2. The summed E-state index contributed by atoms with van der Waals surface area (Å²) in [5.41, 5.74) is 1.38. The standard InChI is InChI=1S/C14H17BCl2N.Pr/c15-7-1-5-14(6-2-8-18-10-14)11-3-4-12(16)13(17)9-11;/h3-4,9H,1-2,5-8,10H2;/q-1;. The van der Waals surface area contributed by atoms with Crippen molar-refractivity contribution in [2.75, 3.05) is 13.1 Å². The van der Waals surface area contributed by atoms with Gasteiger partial charge in [-0.15, -0.1) is 13.1 Å². The second-order valence-electron chi connectivity index (χ2n) is 5.01. The maximum absolute atomic E-state index is 6.14. The van der Waals surface area contributed by atoms with E-state index < -0.39 is 0 Å². The molecule has 0 spiro atoms. The van der Waals surface area contributed by atoms with E-state index in [1.165, 1.54) is 5.56 Å². The smallest absolute Gasteiger partial charge is 0.0653 e. The van der Waals surface area contributed by atoms with Gasteiger partial charge in [-0.1, -0.05) is 48.4 Å². The summed E-state index contributed by atoms with van der Waals surface area (Å²) in [6.45, 7) is 1.86. The van der Waals surface area contributed by atoms with Gasteiger partial charge < -0.3 is 5.32 Å². The molecular weight excluding hydrogens is 405 g/mol. The molecule has 0 amide bonds. The Hall–Kier alpha value is 1.19. The van der Waals surface area contributed by atoms with Crippen molar-refractivity contribution in [3.05, 3.63) is 39.1 Å². The van der Waals surface area contributed by atoms with Gasteiger partial charge in [0.05, 0.1) is 17.9 Å². The van der Waals surface area contributed by atoms with Crippen molar-refractivity contribution in [2.24, 2.45) is 0 Å². The maximum atomic E-state index is 6.14. The van der Waals surface area contributed by atoms with Crippen molar-refractivity contribution in [2.45, 2.75) is 37.4 Å². The Balaban J connectivity index is 0.00000180. The molecule has 0 saturated carbocycles. The fraction of sp³-hybridized carbons (Fsp3) is 0.571. The molecule has 1 nitrogen and oxygen atoms in total. The predicted molar refractivity (Wildman–Crippen MR) is 80.3 cm³/mol. The summed E-state index contributed by atoms with van der Waals surface area (Å²) in [6, 6.07) is 5.98. The molecule has 1 heterocycles. The minimum atomic E-state index is 0. The molecule has 0 N–H and O–H groups in total. The van der Waals surface area contributed by atoms with Crippen molar-refractivity contribution >= 4 is 31.0 Å². The van der Waals surface area contributed by atoms with Crippen molar-refractivity contribution in [1.29, 1.82) is 0 Å². The van der Waals surface area contributed by atoms with E-state index in [0.717, 1.165) is 45.1 Å². The molecule has 0 bridgehead atoms. The topological polar surface area (TPSA) is 14.1 Å². The van der Waals surface area contributed by atoms with E-state index in [1.807, 2.05) is 12.1 Å². The van der Waals surface area contributed by atoms with Gasteiger partial charge in [0.2, 0.25) is 0 Å². The first-order valence-electron chi connectivity index (χ1n) is 6.47. The van der Waals surface area contributed by atoms with E-state index in [2.05, 4.69) is 11.4 Å². The number of hydrogen-bond acceptors (Lipinski definition) is 0. The third-order valence-electron chi connectivity index (χ3n) is 3.78. The van der Waals surface area contributed by atoms with Gasteiger partial charge in [0.25, 0.3) is 0 Å². The van der Waals surface area contributed by atoms with Gasteiger partial charge in [-0.3, -0.25) is 0 Å². The number of piperidine rings is 1. The van der Waals surface area contributed by atoms with Crippen molar-refractivity contribution in [1.82, 2.24) is 0 Å². The van der Waals surface area contributed by atoms with Crippen LogP contribution in [0.2, 0.25) is 16.4 Å². The first-order valence-corrected chi connectivity index (χ1v) is 7.22. The average molecular weight is 422 g/mol. The quantitative estimate of drug-likeness (QED) is 0.622. The molecule has 2 rings (SSSR count). The summed E-state index contributed by atoms with van der Waals surface area (Å²) >= 11 is 12.1. The van der Waals surface area contributed by atoms with Crippen LogP contribution in [0.25, 0.3) is 5.32 Å². The SMILES string of the molecule is [B]CCCC1(c2ccc(Cl)c(Cl)c2)CCC[N-]C1.[Pr]. The summed E-state index contributed by atoms with van der Waals surface area (Å²) in [5.74, 6) is 0. The largest absolute Gasteiger partial charge is 0.662 e. The van der Waals surface area contributed by atoms with E-state index in [4.69, 9.17) is 31.0 Å². The zero-order valence-corrected chi connectivity index (χ0v) is 16.3. The van der Waals surface area contributed by atoms with E-state index in [1.54, 1.807) is 0 Å². The third-order valence-corrected chi connectivity index (χ3v) is 4.52. The number of rotatable bonds is 4. The fourth-order valence-electron chi connectivity index (χ4n) is 2.75. The second-order valence-corrected chi connectivity index (χ2v) is 5.82. The summed E-state index contributed by atoms with van der Waals surface area (Å²) in [6.07, 6.45) is 5.13. The molecule has 3 radical (unpaired) electrons. The summed E-state index contributed by atoms with van der Waals surface area (Å²) in [4.78, 5) is 0. The molecule has 99 valence electrons. The van der Waals surface area contributed by atoms with Crippen LogP contribution in [0, 0.1) is 41.3 Å². The van der Waals surface area contributed by atoms with E-state index >= 15 is 0 Å². The van der Waals surface area contributed by atoms with Crippen LogP contribution in [0.1, 0.15) is 31.2 Å². The third kappa shape index (κ3) is 4.58. The van der Waals surface area contributed by atoms with Gasteiger partial charge in [0.15, 0.2) is 0 Å². The van der Waals surface area contributed by atoms with Crippen LogP contribution in [0.4, 0.5) is 0 Å². The molecule has 1 aromatic carbocycles. The zero-order valence-electron chi connectivity index (χ0n) is 11.0. The monoisotopic (exact) mass is 421 g/mol. The van der Waals surface area contributed by atoms with Crippen molar-refractivity contribution in [3.63, 3.8) is 0 Å². The van der Waals surface area contributed by atoms with Gasteiger partial charge >= 0.3 is 0 Å². The molecule has 19 heavy (non-hydrogen) atoms. The van der Waals surface area contributed by atoms with Gasteiger partial charge in [0.1, 0.15) is 0 Å². The van der Waals surface area contributed by atoms with Crippen LogP contribution in [-0.2, 0) is 5.41 Å². The number of halogens is 2. The number of hydrogen-bond donors (Lipinski definition) is 0. The van der Waals surface area contributed by atoms with Crippen molar-refractivity contribution in [3.8, 4) is 0 Å². The minimum absolute atomic E-state index is 0. The normalized spacial score (nSPS) is 22.8. The van der Waals surface area contributed by atoms with Gasteiger partial charge in [0, 0.05) is 41.3 Å². The molecule has 1 aromatic rings. The van der Waals surface area contributed by atoms with Crippen LogP contribution in [0.15, 0.2) is 18.2 Å². The molecule has 1 fully saturated rings. The fourth-order valence-corrected chi connectivity index (χ4v) is 3.05. The first-order chi connectivity index (χ1) is 8.68. The van der Waals surface area contributed by atoms with Crippen LogP contribution < -0.4 is 0 Å². The van der Waals surface area contributed by atoms with E-state index in [-0.39, 0.29) is 46.7 Å². The number of nitrogens with zero attached hydrogens (tertiary/aromatic N) is 1. The Morgan fingerprint density at radius 1 is 1.26 bits per heavy atom. The maximum Gasteiger partial charge on any atom is 0.0653 e. The second kappa shape index (κ2) is 8.59. The van der Waals surface area contributed by atoms with E-state index in [9.17, 15) is 0 Å². The number of benzene rings is 1. The Labute approximate surface area is 160 Å². The molecule has 1 saturated heterocycles. The van der Waals surface area contributed by atoms with Gasteiger partial charge in [-0.2, -0.15) is 0 Å². The van der Waals surface area contributed by atoms with Crippen LogP contribution in [-0.4, -0.2) is 20.9 Å². The zero-order chi connectivity index (χ0) is 13.0. The van der Waals surface area contributed by atoms with Crippen LogP contribution in [0.3, 0.4) is 0 Å².